The molecule has 0 spiro atoms. The van der Waals surface area contributed by atoms with Crippen LogP contribution in [-0.4, -0.2) is 16.9 Å². The first-order valence-corrected chi connectivity index (χ1v) is 6.95. The number of pyridine rings is 1. The maximum atomic E-state index is 6.10. The number of aryl methyl sites for hydroxylation is 1. The fourth-order valence-electron chi connectivity index (χ4n) is 2.43. The molecule has 0 bridgehead atoms. The fourth-order valence-corrected chi connectivity index (χ4v) is 2.68. The summed E-state index contributed by atoms with van der Waals surface area (Å²) in [6, 6.07) is 6.18. The second-order valence-electron chi connectivity index (χ2n) is 5.02. The molecular weight excluding hydrogens is 232 g/mol. The molecule has 1 fully saturated rings. The van der Waals surface area contributed by atoms with Gasteiger partial charge in [-0.05, 0) is 57.2 Å². The van der Waals surface area contributed by atoms with Crippen LogP contribution in [0.25, 0.3) is 0 Å². The van der Waals surface area contributed by atoms with Crippen molar-refractivity contribution in [2.75, 3.05) is 6.54 Å². The normalized spacial score (nSPS) is 24.8. The molecule has 0 aliphatic heterocycles. The highest BCUT2D eigenvalue weighted by atomic mass is 35.5. The highest BCUT2D eigenvalue weighted by Crippen LogP contribution is 2.26. The fraction of sp³-hybridized carbons (Fsp3) is 0.643. The Hall–Kier alpha value is -0.600. The van der Waals surface area contributed by atoms with E-state index in [1.165, 1.54) is 25.7 Å². The number of rotatable bonds is 4. The predicted molar refractivity (Wildman–Crippen MR) is 72.3 cm³/mol. The molecule has 17 heavy (non-hydrogen) atoms. The molecular formula is C14H21ClN2. The number of alkyl halides is 1. The van der Waals surface area contributed by atoms with Gasteiger partial charge in [0, 0.05) is 17.6 Å². The minimum Gasteiger partial charge on any atom is -0.311 e. The average Bonchev–Trinajstić information content (AvgIpc) is 2.32. The van der Waals surface area contributed by atoms with Crippen molar-refractivity contribution in [2.24, 2.45) is 5.92 Å². The molecule has 0 aromatic carbocycles. The van der Waals surface area contributed by atoms with Gasteiger partial charge in [-0.2, -0.15) is 0 Å². The predicted octanol–water partition coefficient (Wildman–Crippen LogP) is 3.28. The van der Waals surface area contributed by atoms with E-state index in [2.05, 4.69) is 22.4 Å². The standard InChI is InChI=1S/C14H21ClN2/c1-11-3-2-4-14(17-11)10-16-9-12-5-7-13(15)8-6-12/h2-4,12-13,16H,5-10H2,1H3. The Morgan fingerprint density at radius 3 is 2.76 bits per heavy atom. The van der Waals surface area contributed by atoms with Crippen LogP contribution in [0.3, 0.4) is 0 Å². The van der Waals surface area contributed by atoms with Crippen molar-refractivity contribution < 1.29 is 0 Å². The lowest BCUT2D eigenvalue weighted by molar-refractivity contribution is 0.345. The molecule has 0 atom stereocenters. The van der Waals surface area contributed by atoms with Gasteiger partial charge in [-0.15, -0.1) is 11.6 Å². The van der Waals surface area contributed by atoms with Crippen molar-refractivity contribution in [3.05, 3.63) is 29.6 Å². The second kappa shape index (κ2) is 6.36. The maximum absolute atomic E-state index is 6.10. The molecule has 1 aliphatic carbocycles. The summed E-state index contributed by atoms with van der Waals surface area (Å²) in [5.41, 5.74) is 2.22. The zero-order valence-corrected chi connectivity index (χ0v) is 11.2. The lowest BCUT2D eigenvalue weighted by Gasteiger charge is -2.25. The molecule has 1 N–H and O–H groups in total. The number of hydrogen-bond donors (Lipinski definition) is 1. The highest BCUT2D eigenvalue weighted by Gasteiger charge is 2.18. The van der Waals surface area contributed by atoms with Crippen LogP contribution in [0.5, 0.6) is 0 Å². The molecule has 0 amide bonds. The summed E-state index contributed by atoms with van der Waals surface area (Å²) in [6.07, 6.45) is 4.89. The van der Waals surface area contributed by atoms with Crippen LogP contribution < -0.4 is 5.32 Å². The number of nitrogens with one attached hydrogen (secondary N) is 1. The summed E-state index contributed by atoms with van der Waals surface area (Å²) < 4.78 is 0. The van der Waals surface area contributed by atoms with E-state index < -0.39 is 0 Å². The molecule has 2 rings (SSSR count). The number of aromatic nitrogens is 1. The molecule has 0 saturated heterocycles. The molecule has 1 heterocycles. The van der Waals surface area contributed by atoms with Gasteiger partial charge in [0.05, 0.1) is 5.69 Å². The van der Waals surface area contributed by atoms with E-state index in [-0.39, 0.29) is 0 Å². The Bertz CT molecular complexity index is 346. The van der Waals surface area contributed by atoms with Gasteiger partial charge in [0.15, 0.2) is 0 Å². The van der Waals surface area contributed by atoms with Gasteiger partial charge in [-0.1, -0.05) is 6.07 Å². The van der Waals surface area contributed by atoms with Gasteiger partial charge in [0.1, 0.15) is 0 Å². The zero-order chi connectivity index (χ0) is 12.1. The molecule has 94 valence electrons. The lowest BCUT2D eigenvalue weighted by atomic mass is 9.89. The van der Waals surface area contributed by atoms with E-state index in [4.69, 9.17) is 11.6 Å². The first kappa shape index (κ1) is 12.8. The Balaban J connectivity index is 1.69. The van der Waals surface area contributed by atoms with Crippen LogP contribution in [0.2, 0.25) is 0 Å². The maximum Gasteiger partial charge on any atom is 0.0544 e. The molecule has 0 radical (unpaired) electrons. The molecule has 1 aromatic heterocycles. The largest absolute Gasteiger partial charge is 0.311 e. The van der Waals surface area contributed by atoms with Crippen LogP contribution >= 0.6 is 11.6 Å². The Morgan fingerprint density at radius 1 is 1.29 bits per heavy atom. The second-order valence-corrected chi connectivity index (χ2v) is 5.64. The first-order chi connectivity index (χ1) is 8.24. The number of nitrogens with zero attached hydrogens (tertiary/aromatic N) is 1. The Labute approximate surface area is 109 Å². The number of halogens is 1. The van der Waals surface area contributed by atoms with E-state index in [9.17, 15) is 0 Å². The van der Waals surface area contributed by atoms with Gasteiger partial charge in [-0.3, -0.25) is 4.98 Å². The van der Waals surface area contributed by atoms with Gasteiger partial charge >= 0.3 is 0 Å². The molecule has 2 nitrogen and oxygen atoms in total. The smallest absolute Gasteiger partial charge is 0.0544 e. The van der Waals surface area contributed by atoms with Crippen molar-refractivity contribution in [1.29, 1.82) is 0 Å². The van der Waals surface area contributed by atoms with Crippen LogP contribution in [-0.2, 0) is 6.54 Å². The summed E-state index contributed by atoms with van der Waals surface area (Å²) in [6.45, 7) is 4.01. The van der Waals surface area contributed by atoms with Crippen molar-refractivity contribution in [1.82, 2.24) is 10.3 Å². The monoisotopic (exact) mass is 252 g/mol. The Kier molecular flexibility index (Phi) is 4.81. The lowest BCUT2D eigenvalue weighted by Crippen LogP contribution is -2.26. The molecule has 1 saturated carbocycles. The number of hydrogen-bond acceptors (Lipinski definition) is 2. The van der Waals surface area contributed by atoms with E-state index >= 15 is 0 Å². The molecule has 3 heteroatoms. The van der Waals surface area contributed by atoms with Crippen LogP contribution in [0.15, 0.2) is 18.2 Å². The summed E-state index contributed by atoms with van der Waals surface area (Å²) in [4.78, 5) is 4.48. The Morgan fingerprint density at radius 2 is 2.06 bits per heavy atom. The quantitative estimate of drug-likeness (QED) is 0.832. The summed E-state index contributed by atoms with van der Waals surface area (Å²) >= 11 is 6.10. The third-order valence-corrected chi connectivity index (χ3v) is 3.90. The third kappa shape index (κ3) is 4.29. The molecule has 1 aromatic rings. The van der Waals surface area contributed by atoms with Crippen LogP contribution in [0.4, 0.5) is 0 Å². The van der Waals surface area contributed by atoms with Gasteiger partial charge < -0.3 is 5.32 Å². The minimum absolute atomic E-state index is 0.421. The van der Waals surface area contributed by atoms with Gasteiger partial charge in [-0.25, -0.2) is 0 Å². The zero-order valence-electron chi connectivity index (χ0n) is 10.5. The summed E-state index contributed by atoms with van der Waals surface area (Å²) in [7, 11) is 0. The minimum atomic E-state index is 0.421. The van der Waals surface area contributed by atoms with Crippen LogP contribution in [0, 0.1) is 12.8 Å². The SMILES string of the molecule is Cc1cccc(CNCC2CCC(Cl)CC2)n1. The van der Waals surface area contributed by atoms with Crippen LogP contribution in [0.1, 0.15) is 37.1 Å². The van der Waals surface area contributed by atoms with Gasteiger partial charge in [0.25, 0.3) is 0 Å². The van der Waals surface area contributed by atoms with Crippen molar-refractivity contribution >= 4 is 11.6 Å². The topological polar surface area (TPSA) is 24.9 Å². The first-order valence-electron chi connectivity index (χ1n) is 6.51. The van der Waals surface area contributed by atoms with Crippen molar-refractivity contribution in [2.45, 2.75) is 44.5 Å². The van der Waals surface area contributed by atoms with E-state index in [0.29, 0.717) is 5.38 Å². The summed E-state index contributed by atoms with van der Waals surface area (Å²) in [5.74, 6) is 0.801. The van der Waals surface area contributed by atoms with Gasteiger partial charge in [0.2, 0.25) is 0 Å². The van der Waals surface area contributed by atoms with Crippen molar-refractivity contribution in [3.63, 3.8) is 0 Å². The average molecular weight is 253 g/mol. The van der Waals surface area contributed by atoms with Crippen molar-refractivity contribution in [3.8, 4) is 0 Å². The molecule has 0 unspecified atom stereocenters. The van der Waals surface area contributed by atoms with E-state index in [1.54, 1.807) is 0 Å². The highest BCUT2D eigenvalue weighted by molar-refractivity contribution is 6.20. The van der Waals surface area contributed by atoms with E-state index in [1.807, 2.05) is 13.0 Å². The molecule has 1 aliphatic rings. The third-order valence-electron chi connectivity index (χ3n) is 3.46. The van der Waals surface area contributed by atoms with E-state index in [0.717, 1.165) is 30.4 Å². The summed E-state index contributed by atoms with van der Waals surface area (Å²) in [5, 5.41) is 3.93.